The molecular weight excluding hydrogens is 394 g/mol. The Hall–Kier alpha value is -1.16. The SMILES string of the molecule is Cc1cc(S(=O)(=O)Nc2nc3ccc(N)cc3s2)sc1Br. The van der Waals surface area contributed by atoms with Crippen molar-refractivity contribution in [1.29, 1.82) is 0 Å². The number of fused-ring (bicyclic) bond motifs is 1. The van der Waals surface area contributed by atoms with Crippen molar-refractivity contribution in [3.05, 3.63) is 33.6 Å². The molecule has 3 aromatic rings. The van der Waals surface area contributed by atoms with Crippen LogP contribution in [-0.4, -0.2) is 13.4 Å². The Kier molecular flexibility index (Phi) is 3.68. The Morgan fingerprint density at radius 3 is 2.71 bits per heavy atom. The van der Waals surface area contributed by atoms with Gasteiger partial charge in [-0.15, -0.1) is 11.3 Å². The van der Waals surface area contributed by atoms with E-state index in [4.69, 9.17) is 5.73 Å². The van der Waals surface area contributed by atoms with Gasteiger partial charge in [0.1, 0.15) is 4.21 Å². The van der Waals surface area contributed by atoms with E-state index in [0.717, 1.165) is 19.6 Å². The maximum atomic E-state index is 12.3. The summed E-state index contributed by atoms with van der Waals surface area (Å²) in [4.78, 5) is 4.26. The predicted molar refractivity (Wildman–Crippen MR) is 91.6 cm³/mol. The van der Waals surface area contributed by atoms with Gasteiger partial charge in [-0.3, -0.25) is 4.72 Å². The van der Waals surface area contributed by atoms with E-state index in [-0.39, 0.29) is 4.21 Å². The summed E-state index contributed by atoms with van der Waals surface area (Å²) in [5.41, 5.74) is 7.94. The van der Waals surface area contributed by atoms with Crippen LogP contribution in [-0.2, 0) is 10.0 Å². The van der Waals surface area contributed by atoms with E-state index in [1.165, 1.54) is 22.7 Å². The van der Waals surface area contributed by atoms with E-state index in [0.29, 0.717) is 10.8 Å². The van der Waals surface area contributed by atoms with Crippen molar-refractivity contribution in [2.75, 3.05) is 10.5 Å². The monoisotopic (exact) mass is 403 g/mol. The highest BCUT2D eigenvalue weighted by molar-refractivity contribution is 9.11. The number of nitrogens with zero attached hydrogens (tertiary/aromatic N) is 1. The van der Waals surface area contributed by atoms with Crippen molar-refractivity contribution in [1.82, 2.24) is 4.98 Å². The first-order chi connectivity index (χ1) is 9.85. The van der Waals surface area contributed by atoms with Crippen LogP contribution in [0, 0.1) is 6.92 Å². The fourth-order valence-electron chi connectivity index (χ4n) is 1.71. The second kappa shape index (κ2) is 5.24. The molecule has 0 saturated heterocycles. The molecule has 3 rings (SSSR count). The Morgan fingerprint density at radius 1 is 1.29 bits per heavy atom. The van der Waals surface area contributed by atoms with Gasteiger partial charge in [0.25, 0.3) is 10.0 Å². The van der Waals surface area contributed by atoms with Crippen LogP contribution in [0.5, 0.6) is 0 Å². The minimum Gasteiger partial charge on any atom is -0.399 e. The van der Waals surface area contributed by atoms with Crippen LogP contribution in [0.15, 0.2) is 32.3 Å². The second-order valence-corrected chi connectivity index (χ2v) is 9.68. The molecule has 0 atom stereocenters. The Balaban J connectivity index is 1.97. The molecule has 0 spiro atoms. The zero-order valence-corrected chi connectivity index (χ0v) is 14.8. The molecule has 0 aliphatic rings. The molecule has 0 fully saturated rings. The molecule has 0 saturated carbocycles. The van der Waals surface area contributed by atoms with Gasteiger partial charge < -0.3 is 5.73 Å². The first kappa shape index (κ1) is 14.8. The number of anilines is 2. The number of thiazole rings is 1. The summed E-state index contributed by atoms with van der Waals surface area (Å²) in [6, 6.07) is 6.91. The van der Waals surface area contributed by atoms with Crippen LogP contribution in [0.4, 0.5) is 10.8 Å². The van der Waals surface area contributed by atoms with Gasteiger partial charge in [-0.2, -0.15) is 0 Å². The van der Waals surface area contributed by atoms with Gasteiger partial charge in [0.2, 0.25) is 0 Å². The topological polar surface area (TPSA) is 85.1 Å². The molecule has 110 valence electrons. The summed E-state index contributed by atoms with van der Waals surface area (Å²) < 4.78 is 29.1. The number of hydrogen-bond donors (Lipinski definition) is 2. The molecule has 5 nitrogen and oxygen atoms in total. The van der Waals surface area contributed by atoms with Gasteiger partial charge in [0, 0.05) is 5.69 Å². The van der Waals surface area contributed by atoms with E-state index in [1.807, 2.05) is 6.92 Å². The van der Waals surface area contributed by atoms with Crippen LogP contribution in [0.1, 0.15) is 5.56 Å². The molecule has 0 aliphatic carbocycles. The van der Waals surface area contributed by atoms with Crippen molar-refractivity contribution in [2.24, 2.45) is 0 Å². The van der Waals surface area contributed by atoms with E-state index in [9.17, 15) is 8.42 Å². The molecule has 21 heavy (non-hydrogen) atoms. The minimum atomic E-state index is -3.62. The first-order valence-corrected chi connectivity index (χ1v) is 9.71. The standard InChI is InChI=1S/C12H10BrN3O2S3/c1-6-4-10(20-11(6)13)21(17,18)16-12-15-8-3-2-7(14)5-9(8)19-12/h2-5H,14H2,1H3,(H,15,16). The number of nitrogens with two attached hydrogens (primary N) is 1. The molecule has 0 radical (unpaired) electrons. The number of thiophene rings is 1. The smallest absolute Gasteiger partial charge is 0.273 e. The van der Waals surface area contributed by atoms with E-state index in [1.54, 1.807) is 24.3 Å². The van der Waals surface area contributed by atoms with Crippen LogP contribution in [0.3, 0.4) is 0 Å². The maximum Gasteiger partial charge on any atom is 0.273 e. The Morgan fingerprint density at radius 2 is 2.05 bits per heavy atom. The van der Waals surface area contributed by atoms with E-state index >= 15 is 0 Å². The van der Waals surface area contributed by atoms with Crippen molar-refractivity contribution < 1.29 is 8.42 Å². The van der Waals surface area contributed by atoms with Crippen molar-refractivity contribution in [2.45, 2.75) is 11.1 Å². The Labute approximate surface area is 138 Å². The largest absolute Gasteiger partial charge is 0.399 e. The highest BCUT2D eigenvalue weighted by Gasteiger charge is 2.20. The Bertz CT molecular complexity index is 911. The lowest BCUT2D eigenvalue weighted by Crippen LogP contribution is -2.11. The molecule has 0 aliphatic heterocycles. The summed E-state index contributed by atoms with van der Waals surface area (Å²) in [7, 11) is -3.62. The highest BCUT2D eigenvalue weighted by atomic mass is 79.9. The quantitative estimate of drug-likeness (QED) is 0.650. The summed E-state index contributed by atoms with van der Waals surface area (Å²) in [6.45, 7) is 1.85. The fraction of sp³-hybridized carbons (Fsp3) is 0.0833. The molecule has 9 heteroatoms. The normalized spacial score (nSPS) is 11.9. The molecule has 2 aromatic heterocycles. The van der Waals surface area contributed by atoms with Gasteiger partial charge in [-0.1, -0.05) is 11.3 Å². The number of rotatable bonds is 3. The third-order valence-electron chi connectivity index (χ3n) is 2.73. The molecule has 2 heterocycles. The number of benzene rings is 1. The van der Waals surface area contributed by atoms with Crippen LogP contribution < -0.4 is 10.5 Å². The van der Waals surface area contributed by atoms with Crippen LogP contribution >= 0.6 is 38.6 Å². The summed E-state index contributed by atoms with van der Waals surface area (Å²) in [5, 5.41) is 0.331. The van der Waals surface area contributed by atoms with Crippen LogP contribution in [0.2, 0.25) is 0 Å². The van der Waals surface area contributed by atoms with Crippen LogP contribution in [0.25, 0.3) is 10.2 Å². The third kappa shape index (κ3) is 2.91. The maximum absolute atomic E-state index is 12.3. The fourth-order valence-corrected chi connectivity index (χ4v) is 6.09. The number of aryl methyl sites for hydroxylation is 1. The number of nitrogens with one attached hydrogen (secondary N) is 1. The molecular formula is C12H10BrN3O2S3. The number of hydrogen-bond acceptors (Lipinski definition) is 6. The molecule has 0 bridgehead atoms. The zero-order valence-electron chi connectivity index (χ0n) is 10.8. The van der Waals surface area contributed by atoms with Gasteiger partial charge >= 0.3 is 0 Å². The highest BCUT2D eigenvalue weighted by Crippen LogP contribution is 2.33. The second-order valence-electron chi connectivity index (χ2n) is 4.37. The third-order valence-corrected chi connectivity index (χ3v) is 7.75. The molecule has 3 N–H and O–H groups in total. The summed E-state index contributed by atoms with van der Waals surface area (Å²) in [5.74, 6) is 0. The average Bonchev–Trinajstić information content (AvgIpc) is 2.92. The molecule has 0 amide bonds. The number of sulfonamides is 1. The van der Waals surface area contributed by atoms with Gasteiger partial charge in [-0.25, -0.2) is 13.4 Å². The van der Waals surface area contributed by atoms with E-state index in [2.05, 4.69) is 25.6 Å². The molecule has 0 unspecified atom stereocenters. The van der Waals surface area contributed by atoms with Crippen molar-refractivity contribution in [3.63, 3.8) is 0 Å². The predicted octanol–water partition coefficient (Wildman–Crippen LogP) is 3.81. The zero-order chi connectivity index (χ0) is 15.2. The number of aromatic nitrogens is 1. The van der Waals surface area contributed by atoms with Gasteiger partial charge in [-0.05, 0) is 52.7 Å². The lowest BCUT2D eigenvalue weighted by molar-refractivity contribution is 0.603. The van der Waals surface area contributed by atoms with E-state index < -0.39 is 10.0 Å². The van der Waals surface area contributed by atoms with Gasteiger partial charge in [0.05, 0.1) is 14.0 Å². The number of halogens is 1. The van der Waals surface area contributed by atoms with Crippen molar-refractivity contribution in [3.8, 4) is 0 Å². The lowest BCUT2D eigenvalue weighted by atomic mass is 10.3. The average molecular weight is 404 g/mol. The minimum absolute atomic E-state index is 0.255. The van der Waals surface area contributed by atoms with Gasteiger partial charge in [0.15, 0.2) is 5.13 Å². The number of nitrogen functional groups attached to an aromatic ring is 1. The first-order valence-electron chi connectivity index (χ1n) is 5.80. The lowest BCUT2D eigenvalue weighted by Gasteiger charge is -2.01. The summed E-state index contributed by atoms with van der Waals surface area (Å²) >= 11 is 5.76. The van der Waals surface area contributed by atoms with Crippen molar-refractivity contribution >= 4 is 69.7 Å². The summed E-state index contributed by atoms with van der Waals surface area (Å²) in [6.07, 6.45) is 0. The molecule has 1 aromatic carbocycles.